The molecule has 0 N–H and O–H groups in total. The van der Waals surface area contributed by atoms with Gasteiger partial charge < -0.3 is 9.64 Å². The van der Waals surface area contributed by atoms with Crippen molar-refractivity contribution in [3.8, 4) is 5.75 Å². The first-order valence-corrected chi connectivity index (χ1v) is 11.0. The zero-order valence-corrected chi connectivity index (χ0v) is 19.1. The van der Waals surface area contributed by atoms with E-state index < -0.39 is 4.92 Å². The Morgan fingerprint density at radius 3 is 2.55 bits per heavy atom. The van der Waals surface area contributed by atoms with E-state index in [9.17, 15) is 14.9 Å². The first kappa shape index (κ1) is 23.0. The Kier molecular flexibility index (Phi) is 7.12. The maximum atomic E-state index is 12.8. The number of nitro groups is 1. The first-order valence-electron chi connectivity index (χ1n) is 10.3. The summed E-state index contributed by atoms with van der Waals surface area (Å²) in [5.41, 5.74) is 1.25. The molecule has 1 aliphatic heterocycles. The molecule has 1 fully saturated rings. The number of nitro benzene ring substituents is 1. The third-order valence-electron chi connectivity index (χ3n) is 5.32. The van der Waals surface area contributed by atoms with Crippen molar-refractivity contribution in [3.63, 3.8) is 0 Å². The molecule has 9 nitrogen and oxygen atoms in total. The lowest BCUT2D eigenvalue weighted by Gasteiger charge is -2.34. The summed E-state index contributed by atoms with van der Waals surface area (Å²) in [5.74, 6) is -0.0161. The van der Waals surface area contributed by atoms with Crippen LogP contribution in [0.2, 0.25) is 10.0 Å². The third-order valence-corrected chi connectivity index (χ3v) is 6.06. The number of ether oxygens (including phenoxy) is 1. The first-order chi connectivity index (χ1) is 15.9. The molecule has 0 unspecified atom stereocenters. The molecule has 3 aromatic rings. The van der Waals surface area contributed by atoms with Gasteiger partial charge in [-0.2, -0.15) is 5.10 Å². The van der Waals surface area contributed by atoms with Crippen molar-refractivity contribution in [1.29, 1.82) is 0 Å². The van der Waals surface area contributed by atoms with Crippen LogP contribution in [0.5, 0.6) is 5.75 Å². The molecule has 0 radical (unpaired) electrons. The summed E-state index contributed by atoms with van der Waals surface area (Å²) in [6, 6.07) is 13.3. The van der Waals surface area contributed by atoms with Crippen molar-refractivity contribution >= 4 is 34.8 Å². The molecule has 33 heavy (non-hydrogen) atoms. The van der Waals surface area contributed by atoms with E-state index in [2.05, 4.69) is 10.00 Å². The van der Waals surface area contributed by atoms with Crippen LogP contribution < -0.4 is 4.74 Å². The second-order valence-electron chi connectivity index (χ2n) is 7.56. The monoisotopic (exact) mass is 489 g/mol. The number of amides is 1. The minimum absolute atomic E-state index is 0.0461. The predicted octanol–water partition coefficient (Wildman–Crippen LogP) is 4.09. The van der Waals surface area contributed by atoms with Crippen LogP contribution in [0.1, 0.15) is 16.1 Å². The van der Waals surface area contributed by atoms with Gasteiger partial charge in [0.25, 0.3) is 5.91 Å². The Labute approximate surface area is 200 Å². The largest absolute Gasteiger partial charge is 0.464 e. The molecule has 4 rings (SSSR count). The van der Waals surface area contributed by atoms with Gasteiger partial charge >= 0.3 is 5.69 Å². The van der Waals surface area contributed by atoms with Crippen LogP contribution in [-0.4, -0.2) is 56.6 Å². The van der Waals surface area contributed by atoms with Crippen molar-refractivity contribution in [2.45, 2.75) is 13.3 Å². The average molecular weight is 490 g/mol. The molecule has 172 valence electrons. The van der Waals surface area contributed by atoms with Gasteiger partial charge in [0.2, 0.25) is 0 Å². The Balaban J connectivity index is 1.30. The fraction of sp³-hybridized carbons (Fsp3) is 0.273. The van der Waals surface area contributed by atoms with Gasteiger partial charge in [-0.15, -0.1) is 0 Å². The zero-order valence-electron chi connectivity index (χ0n) is 17.6. The molecule has 0 aliphatic carbocycles. The highest BCUT2D eigenvalue weighted by Gasteiger charge is 2.24. The van der Waals surface area contributed by atoms with E-state index in [1.807, 2.05) is 12.1 Å². The number of hydrogen-bond acceptors (Lipinski definition) is 6. The van der Waals surface area contributed by atoms with Gasteiger partial charge in [-0.1, -0.05) is 41.4 Å². The molecular weight excluding hydrogens is 469 g/mol. The second kappa shape index (κ2) is 10.2. The highest BCUT2D eigenvalue weighted by molar-refractivity contribution is 6.42. The summed E-state index contributed by atoms with van der Waals surface area (Å²) in [4.78, 5) is 27.5. The number of nitrogens with zero attached hydrogens (tertiary/aromatic N) is 5. The molecule has 1 aromatic heterocycles. The van der Waals surface area contributed by atoms with Crippen LogP contribution in [0, 0.1) is 10.1 Å². The zero-order chi connectivity index (χ0) is 23.4. The molecule has 1 aliphatic rings. The number of benzene rings is 2. The highest BCUT2D eigenvalue weighted by Crippen LogP contribution is 2.26. The van der Waals surface area contributed by atoms with Gasteiger partial charge in [0.05, 0.1) is 15.0 Å². The van der Waals surface area contributed by atoms with Gasteiger partial charge in [0.15, 0.2) is 18.2 Å². The van der Waals surface area contributed by atoms with E-state index in [4.69, 9.17) is 27.9 Å². The molecule has 0 spiro atoms. The number of carbonyl (C=O) groups excluding carboxylic acids is 1. The molecule has 1 saturated heterocycles. The van der Waals surface area contributed by atoms with Crippen molar-refractivity contribution in [2.24, 2.45) is 0 Å². The van der Waals surface area contributed by atoms with Crippen LogP contribution in [0.25, 0.3) is 0 Å². The summed E-state index contributed by atoms with van der Waals surface area (Å²) >= 11 is 12.1. The van der Waals surface area contributed by atoms with E-state index >= 15 is 0 Å². The number of carbonyl (C=O) groups is 1. The van der Waals surface area contributed by atoms with E-state index in [0.29, 0.717) is 28.8 Å². The fourth-order valence-corrected chi connectivity index (χ4v) is 3.90. The van der Waals surface area contributed by atoms with Gasteiger partial charge in [-0.3, -0.25) is 19.8 Å². The molecule has 2 aromatic carbocycles. The summed E-state index contributed by atoms with van der Waals surface area (Å²) in [6.45, 7) is 3.31. The van der Waals surface area contributed by atoms with Crippen molar-refractivity contribution < 1.29 is 14.5 Å². The minimum atomic E-state index is -0.505. The minimum Gasteiger partial charge on any atom is -0.464 e. The van der Waals surface area contributed by atoms with Crippen LogP contribution in [-0.2, 0) is 13.3 Å². The summed E-state index contributed by atoms with van der Waals surface area (Å²) in [5, 5.41) is 16.4. The number of rotatable bonds is 7. The molecule has 11 heteroatoms. The lowest BCUT2D eigenvalue weighted by molar-refractivity contribution is -0.386. The lowest BCUT2D eigenvalue weighted by atomic mass is 10.2. The topological polar surface area (TPSA) is 93.7 Å². The van der Waals surface area contributed by atoms with E-state index in [0.717, 1.165) is 25.2 Å². The molecular formula is C22H21Cl2N5O4. The number of hydrogen-bond donors (Lipinski definition) is 0. The summed E-state index contributed by atoms with van der Waals surface area (Å²) in [7, 11) is 0. The van der Waals surface area contributed by atoms with Gasteiger partial charge in [0.1, 0.15) is 0 Å². The molecule has 0 bridgehead atoms. The maximum Gasteiger partial charge on any atom is 0.311 e. The van der Waals surface area contributed by atoms with Crippen molar-refractivity contribution in [1.82, 2.24) is 19.6 Å². The van der Waals surface area contributed by atoms with Gasteiger partial charge in [-0.05, 0) is 29.8 Å². The van der Waals surface area contributed by atoms with Crippen molar-refractivity contribution in [3.05, 3.63) is 86.1 Å². The van der Waals surface area contributed by atoms with Crippen LogP contribution >= 0.6 is 23.2 Å². The van der Waals surface area contributed by atoms with Gasteiger partial charge in [0, 0.05) is 45.0 Å². The number of aromatic nitrogens is 2. The maximum absolute atomic E-state index is 12.8. The fourth-order valence-electron chi connectivity index (χ4n) is 3.58. The number of piperazine rings is 1. The molecule has 1 amide bonds. The van der Waals surface area contributed by atoms with Crippen molar-refractivity contribution in [2.75, 3.05) is 26.2 Å². The predicted molar refractivity (Wildman–Crippen MR) is 124 cm³/mol. The molecule has 0 saturated carbocycles. The molecule has 2 heterocycles. The Morgan fingerprint density at radius 1 is 1.06 bits per heavy atom. The normalized spacial score (nSPS) is 14.3. The quantitative estimate of drug-likeness (QED) is 0.366. The third kappa shape index (κ3) is 5.62. The van der Waals surface area contributed by atoms with E-state index in [1.165, 1.54) is 16.8 Å². The number of para-hydroxylation sites is 2. The summed E-state index contributed by atoms with van der Waals surface area (Å²) in [6.07, 6.45) is 1.61. The molecule has 0 atom stereocenters. The van der Waals surface area contributed by atoms with E-state index in [-0.39, 0.29) is 24.1 Å². The lowest BCUT2D eigenvalue weighted by Crippen LogP contribution is -2.48. The summed E-state index contributed by atoms with van der Waals surface area (Å²) < 4.78 is 6.95. The van der Waals surface area contributed by atoms with Crippen LogP contribution in [0.3, 0.4) is 0 Å². The van der Waals surface area contributed by atoms with Gasteiger partial charge in [-0.25, -0.2) is 4.68 Å². The average Bonchev–Trinajstić information content (AvgIpc) is 3.29. The van der Waals surface area contributed by atoms with Crippen LogP contribution in [0.4, 0.5) is 5.69 Å². The van der Waals surface area contributed by atoms with Crippen LogP contribution in [0.15, 0.2) is 54.7 Å². The Hall–Kier alpha value is -3.14. The standard InChI is InChI=1S/C22H21Cl2N5O4/c23-17-6-5-16(13-18(17)24)14-26-9-11-27(12-10-26)22(30)19-7-8-28(25-19)15-33-21-4-2-1-3-20(21)29(31)32/h1-8,13H,9-12,14-15H2. The Morgan fingerprint density at radius 2 is 1.82 bits per heavy atom. The SMILES string of the molecule is O=C(c1ccn(COc2ccccc2[N+](=O)[O-])n1)N1CCN(Cc2ccc(Cl)c(Cl)c2)CC1. The second-order valence-corrected chi connectivity index (χ2v) is 8.37. The Bertz CT molecular complexity index is 1160. The van der Waals surface area contributed by atoms with E-state index in [1.54, 1.807) is 35.4 Å². The smallest absolute Gasteiger partial charge is 0.311 e. The number of halogens is 2. The highest BCUT2D eigenvalue weighted by atomic mass is 35.5.